The van der Waals surface area contributed by atoms with Gasteiger partial charge in [0.15, 0.2) is 0 Å². The highest BCUT2D eigenvalue weighted by atomic mass is 35.5. The van der Waals surface area contributed by atoms with Crippen LogP contribution in [0.5, 0.6) is 0 Å². The van der Waals surface area contributed by atoms with Crippen LogP contribution in [-0.4, -0.2) is 25.2 Å². The molecule has 0 heterocycles. The van der Waals surface area contributed by atoms with Crippen LogP contribution in [0.25, 0.3) is 0 Å². The highest BCUT2D eigenvalue weighted by Crippen LogP contribution is 2.14. The van der Waals surface area contributed by atoms with Gasteiger partial charge in [0, 0.05) is 29.8 Å². The summed E-state index contributed by atoms with van der Waals surface area (Å²) in [6, 6.07) is 7.24. The van der Waals surface area contributed by atoms with Crippen LogP contribution in [0.1, 0.15) is 13.8 Å². The predicted octanol–water partition coefficient (Wildman–Crippen LogP) is 2.46. The summed E-state index contributed by atoms with van der Waals surface area (Å²) in [5, 5.41) is 9.27. The van der Waals surface area contributed by atoms with Crippen molar-refractivity contribution in [2.75, 3.05) is 18.4 Å². The smallest absolute Gasteiger partial charge is 0.319 e. The van der Waals surface area contributed by atoms with Gasteiger partial charge < -0.3 is 16.0 Å². The van der Waals surface area contributed by atoms with Gasteiger partial charge in [0.25, 0.3) is 0 Å². The largest absolute Gasteiger partial charge is 0.337 e. The lowest BCUT2D eigenvalue weighted by Gasteiger charge is -2.10. The molecule has 0 atom stereocenters. The molecule has 3 N–H and O–H groups in total. The van der Waals surface area contributed by atoms with Gasteiger partial charge in [-0.2, -0.15) is 0 Å². The molecule has 1 aromatic carbocycles. The second-order valence-corrected chi connectivity index (χ2v) is 4.44. The number of rotatable bonds is 5. The normalized spacial score (nSPS) is 10.4. The van der Waals surface area contributed by atoms with Crippen LogP contribution in [0.15, 0.2) is 24.3 Å². The molecule has 5 heteroatoms. The maximum Gasteiger partial charge on any atom is 0.319 e. The Morgan fingerprint density at radius 1 is 1.35 bits per heavy atom. The Kier molecular flexibility index (Phi) is 5.80. The SMILES string of the molecule is CC(C)NCCNC(=O)Nc1cccc(Cl)c1. The third kappa shape index (κ3) is 6.14. The van der Waals surface area contributed by atoms with Crippen molar-refractivity contribution in [2.24, 2.45) is 0 Å². The number of carbonyl (C=O) groups is 1. The lowest BCUT2D eigenvalue weighted by atomic mass is 10.3. The van der Waals surface area contributed by atoms with Gasteiger partial charge in [-0.15, -0.1) is 0 Å². The van der Waals surface area contributed by atoms with Crippen LogP contribution in [0.2, 0.25) is 5.02 Å². The van der Waals surface area contributed by atoms with Crippen LogP contribution < -0.4 is 16.0 Å². The maximum absolute atomic E-state index is 11.5. The zero-order valence-corrected chi connectivity index (χ0v) is 10.8. The molecule has 0 bridgehead atoms. The summed E-state index contributed by atoms with van der Waals surface area (Å²) < 4.78 is 0. The van der Waals surface area contributed by atoms with E-state index >= 15 is 0 Å². The molecule has 0 aliphatic rings. The molecular weight excluding hydrogens is 238 g/mol. The molecule has 0 aromatic heterocycles. The molecule has 1 rings (SSSR count). The van der Waals surface area contributed by atoms with Crippen molar-refractivity contribution in [3.8, 4) is 0 Å². The fourth-order valence-corrected chi connectivity index (χ4v) is 1.47. The minimum absolute atomic E-state index is 0.224. The number of hydrogen-bond acceptors (Lipinski definition) is 2. The molecule has 0 fully saturated rings. The second kappa shape index (κ2) is 7.14. The molecule has 94 valence electrons. The fourth-order valence-electron chi connectivity index (χ4n) is 1.28. The average molecular weight is 256 g/mol. The van der Waals surface area contributed by atoms with E-state index in [4.69, 9.17) is 11.6 Å². The van der Waals surface area contributed by atoms with Crippen LogP contribution in [0.4, 0.5) is 10.5 Å². The second-order valence-electron chi connectivity index (χ2n) is 4.00. The number of benzene rings is 1. The van der Waals surface area contributed by atoms with Gasteiger partial charge in [-0.25, -0.2) is 4.79 Å². The van der Waals surface area contributed by atoms with Gasteiger partial charge in [-0.05, 0) is 18.2 Å². The average Bonchev–Trinajstić information content (AvgIpc) is 2.24. The summed E-state index contributed by atoms with van der Waals surface area (Å²) in [6.45, 7) is 5.46. The summed E-state index contributed by atoms with van der Waals surface area (Å²) in [7, 11) is 0. The van der Waals surface area contributed by atoms with E-state index in [1.54, 1.807) is 24.3 Å². The number of anilines is 1. The first-order valence-corrected chi connectivity index (χ1v) is 5.99. The van der Waals surface area contributed by atoms with E-state index in [1.807, 2.05) is 0 Å². The van der Waals surface area contributed by atoms with Gasteiger partial charge in [0.1, 0.15) is 0 Å². The van der Waals surface area contributed by atoms with Gasteiger partial charge in [-0.3, -0.25) is 0 Å². The monoisotopic (exact) mass is 255 g/mol. The highest BCUT2D eigenvalue weighted by Gasteiger charge is 2.01. The molecular formula is C12H18ClN3O. The molecule has 4 nitrogen and oxygen atoms in total. The summed E-state index contributed by atoms with van der Waals surface area (Å²) in [5.41, 5.74) is 0.687. The highest BCUT2D eigenvalue weighted by molar-refractivity contribution is 6.30. The molecule has 1 aromatic rings. The summed E-state index contributed by atoms with van der Waals surface area (Å²) >= 11 is 5.81. The molecule has 0 saturated heterocycles. The van der Waals surface area contributed by atoms with E-state index in [0.717, 1.165) is 6.54 Å². The third-order valence-electron chi connectivity index (χ3n) is 2.05. The van der Waals surface area contributed by atoms with Crippen molar-refractivity contribution in [3.05, 3.63) is 29.3 Å². The van der Waals surface area contributed by atoms with Crippen LogP contribution >= 0.6 is 11.6 Å². The van der Waals surface area contributed by atoms with Crippen LogP contribution in [-0.2, 0) is 0 Å². The van der Waals surface area contributed by atoms with E-state index in [1.165, 1.54) is 0 Å². The number of halogens is 1. The zero-order valence-electron chi connectivity index (χ0n) is 10.1. The van der Waals surface area contributed by atoms with E-state index in [0.29, 0.717) is 23.3 Å². The van der Waals surface area contributed by atoms with Crippen molar-refractivity contribution in [3.63, 3.8) is 0 Å². The first kappa shape index (κ1) is 13.8. The number of hydrogen-bond donors (Lipinski definition) is 3. The lowest BCUT2D eigenvalue weighted by Crippen LogP contribution is -2.36. The van der Waals surface area contributed by atoms with Gasteiger partial charge in [0.05, 0.1) is 0 Å². The summed E-state index contributed by atoms with van der Waals surface area (Å²) in [6.07, 6.45) is 0. The van der Waals surface area contributed by atoms with E-state index < -0.39 is 0 Å². The number of amides is 2. The number of nitrogens with one attached hydrogen (secondary N) is 3. The van der Waals surface area contributed by atoms with Crippen molar-refractivity contribution >= 4 is 23.3 Å². The Morgan fingerprint density at radius 3 is 2.76 bits per heavy atom. The molecule has 0 unspecified atom stereocenters. The van der Waals surface area contributed by atoms with Crippen LogP contribution in [0, 0.1) is 0 Å². The minimum atomic E-state index is -0.224. The van der Waals surface area contributed by atoms with Crippen LogP contribution in [0.3, 0.4) is 0 Å². The standard InChI is InChI=1S/C12H18ClN3O/c1-9(2)14-6-7-15-12(17)16-11-5-3-4-10(13)8-11/h3-5,8-9,14H,6-7H2,1-2H3,(H2,15,16,17). The topological polar surface area (TPSA) is 53.2 Å². The fraction of sp³-hybridized carbons (Fsp3) is 0.417. The lowest BCUT2D eigenvalue weighted by molar-refractivity contribution is 0.252. The van der Waals surface area contributed by atoms with E-state index in [9.17, 15) is 4.79 Å². The summed E-state index contributed by atoms with van der Waals surface area (Å²) in [5.74, 6) is 0. The number of urea groups is 1. The summed E-state index contributed by atoms with van der Waals surface area (Å²) in [4.78, 5) is 11.5. The molecule has 0 spiro atoms. The van der Waals surface area contributed by atoms with Crippen molar-refractivity contribution in [1.82, 2.24) is 10.6 Å². The first-order chi connectivity index (χ1) is 8.08. The first-order valence-electron chi connectivity index (χ1n) is 5.61. The van der Waals surface area contributed by atoms with E-state index in [-0.39, 0.29) is 6.03 Å². The Bertz CT molecular complexity index is 369. The van der Waals surface area contributed by atoms with Crippen molar-refractivity contribution < 1.29 is 4.79 Å². The quantitative estimate of drug-likeness (QED) is 0.708. The van der Waals surface area contributed by atoms with Gasteiger partial charge in [0.2, 0.25) is 0 Å². The zero-order chi connectivity index (χ0) is 12.7. The molecule has 0 saturated carbocycles. The van der Waals surface area contributed by atoms with E-state index in [2.05, 4.69) is 29.8 Å². The Hall–Kier alpha value is -1.26. The Morgan fingerprint density at radius 2 is 2.12 bits per heavy atom. The molecule has 0 aliphatic carbocycles. The third-order valence-corrected chi connectivity index (χ3v) is 2.28. The van der Waals surface area contributed by atoms with Crippen molar-refractivity contribution in [2.45, 2.75) is 19.9 Å². The molecule has 17 heavy (non-hydrogen) atoms. The Balaban J connectivity index is 2.25. The Labute approximate surface area is 107 Å². The van der Waals surface area contributed by atoms with Gasteiger partial charge >= 0.3 is 6.03 Å². The van der Waals surface area contributed by atoms with Gasteiger partial charge in [-0.1, -0.05) is 31.5 Å². The number of carbonyl (C=O) groups excluding carboxylic acids is 1. The molecule has 2 amide bonds. The minimum Gasteiger partial charge on any atom is -0.337 e. The molecule has 0 aliphatic heterocycles. The molecule has 0 radical (unpaired) electrons. The van der Waals surface area contributed by atoms with Crippen molar-refractivity contribution in [1.29, 1.82) is 0 Å². The maximum atomic E-state index is 11.5. The predicted molar refractivity (Wildman–Crippen MR) is 71.6 cm³/mol.